The molecule has 2 fully saturated rings. The lowest BCUT2D eigenvalue weighted by Crippen LogP contribution is -2.30. The van der Waals surface area contributed by atoms with Crippen LogP contribution in [-0.4, -0.2) is 28.3 Å². The Morgan fingerprint density at radius 2 is 1.56 bits per heavy atom. The molecule has 180 valence electrons. The fourth-order valence-electron chi connectivity index (χ4n) is 5.20. The maximum absolute atomic E-state index is 13.0. The van der Waals surface area contributed by atoms with Gasteiger partial charge in [0, 0.05) is 5.56 Å². The second kappa shape index (κ2) is 9.64. The number of amides is 2. The number of fused-ring (bicyclic) bond motifs is 2. The molecule has 4 aromatic rings. The summed E-state index contributed by atoms with van der Waals surface area (Å²) in [5.41, 5.74) is 4.31. The summed E-state index contributed by atoms with van der Waals surface area (Å²) in [4.78, 5) is 44.7. The Morgan fingerprint density at radius 3 is 2.25 bits per heavy atom. The van der Waals surface area contributed by atoms with Gasteiger partial charge >= 0.3 is 0 Å². The van der Waals surface area contributed by atoms with Crippen LogP contribution < -0.4 is 4.90 Å². The van der Waals surface area contributed by atoms with Gasteiger partial charge in [0.1, 0.15) is 0 Å². The number of ketones is 1. The normalized spacial score (nSPS) is 19.6. The molecule has 0 radical (unpaired) electrons. The molecule has 2 atom stereocenters. The molecule has 1 saturated carbocycles. The summed E-state index contributed by atoms with van der Waals surface area (Å²) >= 11 is 2.90. The van der Waals surface area contributed by atoms with Crippen LogP contribution in [0, 0.1) is 11.8 Å². The van der Waals surface area contributed by atoms with Crippen LogP contribution in [0.15, 0.2) is 77.1 Å². The van der Waals surface area contributed by atoms with E-state index >= 15 is 0 Å². The molecule has 1 saturated heterocycles. The van der Waals surface area contributed by atoms with Crippen LogP contribution in [0.4, 0.5) is 5.69 Å². The number of imide groups is 1. The van der Waals surface area contributed by atoms with Crippen LogP contribution in [0.1, 0.15) is 36.0 Å². The van der Waals surface area contributed by atoms with Crippen molar-refractivity contribution < 1.29 is 14.4 Å². The fourth-order valence-corrected chi connectivity index (χ4v) is 7.20. The van der Waals surface area contributed by atoms with Gasteiger partial charge in [-0.05, 0) is 42.2 Å². The van der Waals surface area contributed by atoms with Gasteiger partial charge in [-0.25, -0.2) is 4.98 Å². The van der Waals surface area contributed by atoms with Crippen LogP contribution >= 0.6 is 23.1 Å². The summed E-state index contributed by atoms with van der Waals surface area (Å²) in [5, 5.41) is 0. The quantitative estimate of drug-likeness (QED) is 0.165. The first-order chi connectivity index (χ1) is 17.6. The lowest BCUT2D eigenvalue weighted by molar-refractivity contribution is -0.122. The molecule has 7 heteroatoms. The van der Waals surface area contributed by atoms with Gasteiger partial charge in [-0.1, -0.05) is 79.2 Å². The third kappa shape index (κ3) is 4.27. The molecule has 0 spiro atoms. The van der Waals surface area contributed by atoms with E-state index < -0.39 is 0 Å². The zero-order chi connectivity index (χ0) is 24.6. The van der Waals surface area contributed by atoms with E-state index in [1.165, 1.54) is 28.0 Å². The number of nitrogens with zero attached hydrogens (tertiary/aromatic N) is 2. The number of carbonyl (C=O) groups excluding carboxylic acids is 3. The Morgan fingerprint density at radius 1 is 0.889 bits per heavy atom. The van der Waals surface area contributed by atoms with Crippen molar-refractivity contribution in [3.63, 3.8) is 0 Å². The number of Topliss-reactive ketones (excluding diaryl/α,β-unsaturated/α-hetero) is 1. The average molecular weight is 513 g/mol. The third-order valence-electron chi connectivity index (χ3n) is 7.09. The number of aromatic nitrogens is 1. The number of rotatable bonds is 6. The molecular weight excluding hydrogens is 488 g/mol. The standard InChI is InChI=1S/C29H24N2O3S2/c32-25(20-12-10-19(11-13-20)18-6-2-1-3-7-18)17-35-29-30-24-15-14-21(16-26(24)36-29)31-27(33)22-8-4-5-9-23(22)28(31)34/h1-3,6-7,10-16,22-23H,4-5,8-9,17H2/t22-,23+. The molecule has 2 aliphatic rings. The molecule has 6 rings (SSSR count). The van der Waals surface area contributed by atoms with E-state index in [4.69, 9.17) is 0 Å². The van der Waals surface area contributed by atoms with E-state index in [-0.39, 0.29) is 29.4 Å². The highest BCUT2D eigenvalue weighted by molar-refractivity contribution is 8.01. The van der Waals surface area contributed by atoms with Crippen molar-refractivity contribution >= 4 is 56.6 Å². The average Bonchev–Trinajstić information content (AvgIpc) is 3.45. The summed E-state index contributed by atoms with van der Waals surface area (Å²) < 4.78 is 1.70. The minimum atomic E-state index is -0.165. The minimum Gasteiger partial charge on any atom is -0.293 e. The van der Waals surface area contributed by atoms with Crippen molar-refractivity contribution in [3.8, 4) is 11.1 Å². The summed E-state index contributed by atoms with van der Waals surface area (Å²) in [6, 6.07) is 23.3. The number of thioether (sulfide) groups is 1. The molecule has 2 amide bonds. The van der Waals surface area contributed by atoms with E-state index in [0.29, 0.717) is 17.0 Å². The predicted molar refractivity (Wildman–Crippen MR) is 144 cm³/mol. The SMILES string of the molecule is O=C(CSc1nc2ccc(N3C(=O)[C@H]4CCCC[C@H]4C3=O)cc2s1)c1ccc(-c2ccccc2)cc1. The van der Waals surface area contributed by atoms with Crippen molar-refractivity contribution in [2.24, 2.45) is 11.8 Å². The molecule has 36 heavy (non-hydrogen) atoms. The molecule has 1 aliphatic heterocycles. The van der Waals surface area contributed by atoms with Crippen molar-refractivity contribution in [2.45, 2.75) is 30.0 Å². The van der Waals surface area contributed by atoms with Crippen molar-refractivity contribution in [3.05, 3.63) is 78.4 Å². The highest BCUT2D eigenvalue weighted by atomic mass is 32.2. The third-order valence-corrected chi connectivity index (χ3v) is 9.25. The lowest BCUT2D eigenvalue weighted by Gasteiger charge is -2.19. The molecule has 0 unspecified atom stereocenters. The number of anilines is 1. The Labute approximate surface area is 217 Å². The fraction of sp³-hybridized carbons (Fsp3) is 0.241. The van der Waals surface area contributed by atoms with Crippen LogP contribution in [0.2, 0.25) is 0 Å². The molecule has 0 N–H and O–H groups in total. The van der Waals surface area contributed by atoms with Crippen LogP contribution in [0.5, 0.6) is 0 Å². The number of thiazole rings is 1. The zero-order valence-electron chi connectivity index (χ0n) is 19.6. The van der Waals surface area contributed by atoms with Gasteiger partial charge in [0.25, 0.3) is 0 Å². The lowest BCUT2D eigenvalue weighted by atomic mass is 9.81. The molecule has 1 aliphatic carbocycles. The second-order valence-electron chi connectivity index (χ2n) is 9.30. The van der Waals surface area contributed by atoms with E-state index in [1.807, 2.05) is 72.8 Å². The van der Waals surface area contributed by atoms with E-state index in [0.717, 1.165) is 51.4 Å². The monoisotopic (exact) mass is 512 g/mol. The summed E-state index contributed by atoms with van der Waals surface area (Å²) in [7, 11) is 0. The summed E-state index contributed by atoms with van der Waals surface area (Å²) in [6.45, 7) is 0. The maximum Gasteiger partial charge on any atom is 0.237 e. The molecular formula is C29H24N2O3S2. The Balaban J connectivity index is 1.14. The Bertz CT molecular complexity index is 1440. The number of carbonyl (C=O) groups is 3. The van der Waals surface area contributed by atoms with Crippen LogP contribution in [-0.2, 0) is 9.59 Å². The predicted octanol–water partition coefficient (Wildman–Crippen LogP) is 6.62. The number of benzene rings is 3. The van der Waals surface area contributed by atoms with E-state index in [1.54, 1.807) is 0 Å². The first kappa shape index (κ1) is 23.1. The van der Waals surface area contributed by atoms with Gasteiger partial charge in [0.15, 0.2) is 10.1 Å². The van der Waals surface area contributed by atoms with Crippen molar-refractivity contribution in [1.82, 2.24) is 4.98 Å². The van der Waals surface area contributed by atoms with E-state index in [2.05, 4.69) is 4.98 Å². The minimum absolute atomic E-state index is 0.0513. The maximum atomic E-state index is 13.0. The molecule has 1 aromatic heterocycles. The Hall–Kier alpha value is -3.29. The van der Waals surface area contributed by atoms with Gasteiger partial charge in [0.05, 0.1) is 33.5 Å². The highest BCUT2D eigenvalue weighted by Crippen LogP contribution is 2.41. The molecule has 3 aromatic carbocycles. The number of hydrogen-bond donors (Lipinski definition) is 0. The second-order valence-corrected chi connectivity index (χ2v) is 11.5. The Kier molecular flexibility index (Phi) is 6.19. The molecule has 5 nitrogen and oxygen atoms in total. The largest absolute Gasteiger partial charge is 0.293 e. The first-order valence-electron chi connectivity index (χ1n) is 12.2. The van der Waals surface area contributed by atoms with Gasteiger partial charge in [-0.2, -0.15) is 0 Å². The van der Waals surface area contributed by atoms with E-state index in [9.17, 15) is 14.4 Å². The molecule has 0 bridgehead atoms. The summed E-state index contributed by atoms with van der Waals surface area (Å²) in [5.74, 6) is -0.108. The smallest absolute Gasteiger partial charge is 0.237 e. The van der Waals surface area contributed by atoms with Gasteiger partial charge in [-0.3, -0.25) is 19.3 Å². The van der Waals surface area contributed by atoms with Crippen molar-refractivity contribution in [2.75, 3.05) is 10.7 Å². The zero-order valence-corrected chi connectivity index (χ0v) is 21.2. The topological polar surface area (TPSA) is 67.3 Å². The van der Waals surface area contributed by atoms with Gasteiger partial charge < -0.3 is 0 Å². The van der Waals surface area contributed by atoms with Gasteiger partial charge in [-0.15, -0.1) is 11.3 Å². The highest BCUT2D eigenvalue weighted by Gasteiger charge is 2.48. The van der Waals surface area contributed by atoms with Crippen molar-refractivity contribution in [1.29, 1.82) is 0 Å². The molecule has 2 heterocycles. The first-order valence-corrected chi connectivity index (χ1v) is 14.0. The van der Waals surface area contributed by atoms with Gasteiger partial charge in [0.2, 0.25) is 11.8 Å². The number of hydrogen-bond acceptors (Lipinski definition) is 6. The summed E-state index contributed by atoms with van der Waals surface area (Å²) in [6.07, 6.45) is 3.63. The van der Waals surface area contributed by atoms with Crippen LogP contribution in [0.3, 0.4) is 0 Å². The van der Waals surface area contributed by atoms with Crippen LogP contribution in [0.25, 0.3) is 21.3 Å².